The maximum atomic E-state index is 12.4. The van der Waals surface area contributed by atoms with Gasteiger partial charge in [0.05, 0.1) is 28.3 Å². The van der Waals surface area contributed by atoms with E-state index in [4.69, 9.17) is 0 Å². The number of fused-ring (bicyclic) bond motifs is 1. The van der Waals surface area contributed by atoms with Gasteiger partial charge in [-0.1, -0.05) is 6.07 Å². The Morgan fingerprint density at radius 1 is 1.00 bits per heavy atom. The van der Waals surface area contributed by atoms with Crippen LogP contribution in [0, 0.1) is 6.92 Å². The second-order valence-corrected chi connectivity index (χ2v) is 6.50. The minimum absolute atomic E-state index is 0.180. The third-order valence-corrected chi connectivity index (χ3v) is 4.41. The largest absolute Gasteiger partial charge is 0.354 e. The van der Waals surface area contributed by atoms with E-state index >= 15 is 0 Å². The maximum Gasteiger partial charge on any atom is 0.254 e. The molecule has 29 heavy (non-hydrogen) atoms. The quantitative estimate of drug-likeness (QED) is 0.542. The summed E-state index contributed by atoms with van der Waals surface area (Å²) in [4.78, 5) is 30.2. The fourth-order valence-corrected chi connectivity index (χ4v) is 3.06. The van der Waals surface area contributed by atoms with Crippen LogP contribution < -0.4 is 10.6 Å². The van der Waals surface area contributed by atoms with Gasteiger partial charge in [-0.2, -0.15) is 0 Å². The van der Waals surface area contributed by atoms with Gasteiger partial charge in [0.15, 0.2) is 5.65 Å². The zero-order valence-electron chi connectivity index (χ0n) is 16.2. The van der Waals surface area contributed by atoms with E-state index in [2.05, 4.69) is 30.6 Å². The van der Waals surface area contributed by atoms with Crippen molar-refractivity contribution < 1.29 is 4.79 Å². The average Bonchev–Trinajstić information content (AvgIpc) is 2.74. The van der Waals surface area contributed by atoms with E-state index in [0.29, 0.717) is 29.1 Å². The van der Waals surface area contributed by atoms with Crippen LogP contribution in [0.3, 0.4) is 0 Å². The normalized spacial score (nSPS) is 10.7. The molecule has 4 aromatic rings. The molecule has 0 bridgehead atoms. The van der Waals surface area contributed by atoms with E-state index in [9.17, 15) is 4.79 Å². The van der Waals surface area contributed by atoms with Crippen LogP contribution in [0.2, 0.25) is 0 Å². The average molecular weight is 384 g/mol. The first-order chi connectivity index (χ1) is 14.2. The number of carbonyl (C=O) groups is 1. The Morgan fingerprint density at radius 2 is 1.90 bits per heavy atom. The molecule has 0 atom stereocenters. The smallest absolute Gasteiger partial charge is 0.254 e. The zero-order chi connectivity index (χ0) is 20.2. The molecule has 1 amide bonds. The van der Waals surface area contributed by atoms with Crippen LogP contribution in [-0.2, 0) is 0 Å². The summed E-state index contributed by atoms with van der Waals surface area (Å²) in [5.74, 6) is -0.180. The van der Waals surface area contributed by atoms with Crippen molar-refractivity contribution in [3.05, 3.63) is 72.3 Å². The molecule has 0 aliphatic heterocycles. The Bertz CT molecular complexity index is 1190. The highest BCUT2D eigenvalue weighted by molar-refractivity contribution is 6.01. The second kappa shape index (κ2) is 8.02. The van der Waals surface area contributed by atoms with E-state index in [-0.39, 0.29) is 5.91 Å². The van der Waals surface area contributed by atoms with Crippen LogP contribution in [0.25, 0.3) is 22.4 Å². The summed E-state index contributed by atoms with van der Waals surface area (Å²) in [6.07, 6.45) is 4.91. The molecular formula is C22H20N6O. The van der Waals surface area contributed by atoms with Gasteiger partial charge in [0.2, 0.25) is 0 Å². The lowest BCUT2D eigenvalue weighted by Gasteiger charge is -2.14. The molecule has 0 aromatic carbocycles. The van der Waals surface area contributed by atoms with E-state index in [1.165, 1.54) is 0 Å². The molecule has 0 aliphatic carbocycles. The zero-order valence-corrected chi connectivity index (χ0v) is 16.2. The van der Waals surface area contributed by atoms with Crippen LogP contribution >= 0.6 is 0 Å². The summed E-state index contributed by atoms with van der Waals surface area (Å²) in [6.45, 7) is 4.36. The minimum atomic E-state index is -0.180. The number of anilines is 2. The molecule has 4 rings (SSSR count). The van der Waals surface area contributed by atoms with Crippen molar-refractivity contribution in [2.24, 2.45) is 0 Å². The van der Waals surface area contributed by atoms with Gasteiger partial charge in [0.1, 0.15) is 0 Å². The Hall–Kier alpha value is -3.87. The maximum absolute atomic E-state index is 12.4. The van der Waals surface area contributed by atoms with Gasteiger partial charge in [-0.3, -0.25) is 14.8 Å². The summed E-state index contributed by atoms with van der Waals surface area (Å²) in [5.41, 5.74) is 4.90. The number of hydrogen-bond donors (Lipinski definition) is 2. The fraction of sp³-hybridized carbons (Fsp3) is 0.136. The summed E-state index contributed by atoms with van der Waals surface area (Å²) in [6, 6.07) is 13.3. The molecule has 2 N–H and O–H groups in total. The molecule has 0 radical (unpaired) electrons. The number of nitrogens with one attached hydrogen (secondary N) is 2. The molecule has 7 nitrogen and oxygen atoms in total. The SMILES string of the molecule is CCNC(=O)c1cnccc1Nc1cc(-c2cccc(C)n2)nc2ncccc12. The van der Waals surface area contributed by atoms with E-state index in [1.54, 1.807) is 24.7 Å². The van der Waals surface area contributed by atoms with Crippen LogP contribution in [0.15, 0.2) is 61.1 Å². The van der Waals surface area contributed by atoms with E-state index in [0.717, 1.165) is 22.5 Å². The highest BCUT2D eigenvalue weighted by Crippen LogP contribution is 2.30. The molecular weight excluding hydrogens is 364 g/mol. The Labute approximate surface area is 168 Å². The number of aromatic nitrogens is 4. The Kier molecular flexibility index (Phi) is 5.11. The molecule has 7 heteroatoms. The van der Waals surface area contributed by atoms with Crippen LogP contribution in [0.5, 0.6) is 0 Å². The summed E-state index contributed by atoms with van der Waals surface area (Å²) in [7, 11) is 0. The lowest BCUT2D eigenvalue weighted by atomic mass is 10.1. The van der Waals surface area contributed by atoms with Crippen molar-refractivity contribution in [3.8, 4) is 11.4 Å². The van der Waals surface area contributed by atoms with Crippen molar-refractivity contribution in [2.75, 3.05) is 11.9 Å². The van der Waals surface area contributed by atoms with Crippen molar-refractivity contribution in [1.82, 2.24) is 25.3 Å². The number of carbonyl (C=O) groups excluding carboxylic acids is 1. The molecule has 0 fully saturated rings. The number of nitrogens with zero attached hydrogens (tertiary/aromatic N) is 4. The van der Waals surface area contributed by atoms with Crippen LogP contribution in [0.4, 0.5) is 11.4 Å². The molecule has 0 aliphatic rings. The van der Waals surface area contributed by atoms with Crippen molar-refractivity contribution in [3.63, 3.8) is 0 Å². The van der Waals surface area contributed by atoms with E-state index in [1.807, 2.05) is 50.2 Å². The van der Waals surface area contributed by atoms with Crippen LogP contribution in [0.1, 0.15) is 23.0 Å². The van der Waals surface area contributed by atoms with Crippen molar-refractivity contribution in [1.29, 1.82) is 0 Å². The minimum Gasteiger partial charge on any atom is -0.354 e. The Morgan fingerprint density at radius 3 is 2.72 bits per heavy atom. The molecule has 0 saturated heterocycles. The van der Waals surface area contributed by atoms with Crippen molar-refractivity contribution >= 4 is 28.3 Å². The summed E-state index contributed by atoms with van der Waals surface area (Å²) in [5, 5.41) is 7.04. The van der Waals surface area contributed by atoms with Gasteiger partial charge in [-0.05, 0) is 50.2 Å². The molecule has 144 valence electrons. The van der Waals surface area contributed by atoms with Crippen LogP contribution in [-0.4, -0.2) is 32.4 Å². The van der Waals surface area contributed by atoms with Gasteiger partial charge in [-0.15, -0.1) is 0 Å². The van der Waals surface area contributed by atoms with Gasteiger partial charge in [-0.25, -0.2) is 9.97 Å². The number of aryl methyl sites for hydroxylation is 1. The lowest BCUT2D eigenvalue weighted by Crippen LogP contribution is -2.23. The second-order valence-electron chi connectivity index (χ2n) is 6.50. The highest BCUT2D eigenvalue weighted by Gasteiger charge is 2.14. The number of rotatable bonds is 5. The summed E-state index contributed by atoms with van der Waals surface area (Å²) < 4.78 is 0. The number of amides is 1. The first kappa shape index (κ1) is 18.5. The predicted molar refractivity (Wildman–Crippen MR) is 113 cm³/mol. The first-order valence-electron chi connectivity index (χ1n) is 9.34. The molecule has 4 heterocycles. The van der Waals surface area contributed by atoms with E-state index < -0.39 is 0 Å². The molecule has 4 aromatic heterocycles. The lowest BCUT2D eigenvalue weighted by molar-refractivity contribution is 0.0956. The standard InChI is InChI=1S/C22H20N6O/c1-3-24-22(29)16-13-23-11-9-17(16)27-19-12-20(18-8-4-6-14(2)26-18)28-21-15(19)7-5-10-25-21/h4-13H,3H2,1-2H3,(H,24,29)(H,23,25,27,28). The summed E-state index contributed by atoms with van der Waals surface area (Å²) >= 11 is 0. The number of pyridine rings is 4. The molecule has 0 unspecified atom stereocenters. The van der Waals surface area contributed by atoms with Gasteiger partial charge >= 0.3 is 0 Å². The van der Waals surface area contributed by atoms with Gasteiger partial charge < -0.3 is 10.6 Å². The monoisotopic (exact) mass is 384 g/mol. The first-order valence-corrected chi connectivity index (χ1v) is 9.34. The molecule has 0 saturated carbocycles. The van der Waals surface area contributed by atoms with Gasteiger partial charge in [0, 0.05) is 36.2 Å². The predicted octanol–water partition coefficient (Wildman–Crippen LogP) is 3.89. The Balaban J connectivity index is 1.83. The fourth-order valence-electron chi connectivity index (χ4n) is 3.06. The third kappa shape index (κ3) is 3.89. The topological polar surface area (TPSA) is 92.7 Å². The highest BCUT2D eigenvalue weighted by atomic mass is 16.1. The third-order valence-electron chi connectivity index (χ3n) is 4.41. The van der Waals surface area contributed by atoms with Gasteiger partial charge in [0.25, 0.3) is 5.91 Å². The number of hydrogen-bond acceptors (Lipinski definition) is 6. The van der Waals surface area contributed by atoms with Crippen molar-refractivity contribution in [2.45, 2.75) is 13.8 Å². The molecule has 0 spiro atoms.